The first-order valence-electron chi connectivity index (χ1n) is 9.41. The quantitative estimate of drug-likeness (QED) is 0.384. The number of nitrogens with zero attached hydrogens (tertiary/aromatic N) is 4. The van der Waals surface area contributed by atoms with E-state index >= 15 is 0 Å². The highest BCUT2D eigenvalue weighted by Gasteiger charge is 2.19. The molecule has 4 aromatic rings. The summed E-state index contributed by atoms with van der Waals surface area (Å²) in [5.41, 5.74) is 7.21. The molecule has 0 fully saturated rings. The Hall–Kier alpha value is -3.79. The second-order valence-corrected chi connectivity index (χ2v) is 7.84. The number of carbonyl (C=O) groups excluding carboxylic acids is 1. The lowest BCUT2D eigenvalue weighted by molar-refractivity contribution is 0.0924. The molecule has 0 spiro atoms. The molecular formula is C21H17N5O4S. The number of aromatic nitrogens is 4. The Morgan fingerprint density at radius 3 is 2.77 bits per heavy atom. The monoisotopic (exact) mass is 435 g/mol. The summed E-state index contributed by atoms with van der Waals surface area (Å²) in [6.07, 6.45) is 0. The summed E-state index contributed by atoms with van der Waals surface area (Å²) in [4.78, 5) is 30.7. The number of ether oxygens (including phenoxy) is 2. The first-order valence-corrected chi connectivity index (χ1v) is 10.4. The number of carbonyl (C=O) groups is 1. The van der Waals surface area contributed by atoms with Crippen LogP contribution in [0.1, 0.15) is 10.5 Å². The van der Waals surface area contributed by atoms with Crippen LogP contribution in [0.4, 0.5) is 5.82 Å². The molecule has 10 heteroatoms. The van der Waals surface area contributed by atoms with E-state index in [1.807, 2.05) is 6.07 Å². The lowest BCUT2D eigenvalue weighted by Gasteiger charge is -2.13. The molecule has 2 aromatic carbocycles. The van der Waals surface area contributed by atoms with Crippen LogP contribution in [0.25, 0.3) is 16.6 Å². The largest absolute Gasteiger partial charge is 0.454 e. The van der Waals surface area contributed by atoms with Crippen molar-refractivity contribution in [2.24, 2.45) is 0 Å². The molecule has 3 heterocycles. The molecule has 0 saturated carbocycles. The first-order chi connectivity index (χ1) is 15.0. The first kappa shape index (κ1) is 19.2. The Morgan fingerprint density at radius 1 is 1.16 bits per heavy atom. The van der Waals surface area contributed by atoms with Crippen molar-refractivity contribution in [3.8, 4) is 17.2 Å². The summed E-state index contributed by atoms with van der Waals surface area (Å²) in [6, 6.07) is 14.0. The molecule has 1 aliphatic heterocycles. The third-order valence-electron chi connectivity index (χ3n) is 4.83. The number of hydrogen-bond donors (Lipinski definition) is 1. The van der Waals surface area contributed by atoms with Gasteiger partial charge in [-0.1, -0.05) is 23.9 Å². The van der Waals surface area contributed by atoms with Crippen molar-refractivity contribution in [3.63, 3.8) is 0 Å². The average Bonchev–Trinajstić information content (AvgIpc) is 3.37. The highest BCUT2D eigenvalue weighted by Crippen LogP contribution is 2.34. The highest BCUT2D eigenvalue weighted by molar-refractivity contribution is 7.99. The van der Waals surface area contributed by atoms with Crippen molar-refractivity contribution in [3.05, 3.63) is 64.6 Å². The van der Waals surface area contributed by atoms with Gasteiger partial charge >= 0.3 is 0 Å². The van der Waals surface area contributed by atoms with Gasteiger partial charge in [0.1, 0.15) is 5.82 Å². The van der Waals surface area contributed by atoms with E-state index in [1.54, 1.807) is 49.4 Å². The van der Waals surface area contributed by atoms with E-state index in [9.17, 15) is 9.59 Å². The number of anilines is 1. The molecule has 31 heavy (non-hydrogen) atoms. The number of nitrogens with two attached hydrogens (primary N) is 1. The maximum absolute atomic E-state index is 13.3. The van der Waals surface area contributed by atoms with Gasteiger partial charge in [-0.15, -0.1) is 5.10 Å². The second kappa shape index (κ2) is 7.47. The Kier molecular flexibility index (Phi) is 4.63. The molecule has 0 bridgehead atoms. The van der Waals surface area contributed by atoms with Crippen molar-refractivity contribution < 1.29 is 14.3 Å². The van der Waals surface area contributed by atoms with E-state index in [2.05, 4.69) is 10.1 Å². The molecule has 0 atom stereocenters. The fourth-order valence-electron chi connectivity index (χ4n) is 3.40. The maximum atomic E-state index is 13.3. The molecule has 9 nitrogen and oxygen atoms in total. The minimum Gasteiger partial charge on any atom is -0.454 e. The van der Waals surface area contributed by atoms with Crippen molar-refractivity contribution in [1.29, 1.82) is 0 Å². The van der Waals surface area contributed by atoms with Crippen molar-refractivity contribution >= 4 is 34.4 Å². The number of aryl methyl sites for hydroxylation is 1. The lowest BCUT2D eigenvalue weighted by Crippen LogP contribution is -2.23. The smallest absolute Gasteiger partial charge is 0.266 e. The minimum atomic E-state index is -0.265. The van der Waals surface area contributed by atoms with Gasteiger partial charge in [0, 0.05) is 17.8 Å². The summed E-state index contributed by atoms with van der Waals surface area (Å²) < 4.78 is 13.6. The molecule has 0 radical (unpaired) electrons. The maximum Gasteiger partial charge on any atom is 0.266 e. The molecular weight excluding hydrogens is 418 g/mol. The Bertz CT molecular complexity index is 1390. The van der Waals surface area contributed by atoms with Crippen LogP contribution >= 0.6 is 11.8 Å². The van der Waals surface area contributed by atoms with E-state index in [1.165, 1.54) is 9.25 Å². The van der Waals surface area contributed by atoms with Crippen LogP contribution in [0.5, 0.6) is 11.5 Å². The highest BCUT2D eigenvalue weighted by atomic mass is 32.2. The second-order valence-electron chi connectivity index (χ2n) is 6.89. The van der Waals surface area contributed by atoms with E-state index in [4.69, 9.17) is 15.2 Å². The van der Waals surface area contributed by atoms with Crippen LogP contribution in [-0.2, 0) is 0 Å². The van der Waals surface area contributed by atoms with E-state index < -0.39 is 0 Å². The molecule has 0 amide bonds. The third kappa shape index (κ3) is 3.40. The molecule has 2 N–H and O–H groups in total. The molecule has 2 aromatic heterocycles. The summed E-state index contributed by atoms with van der Waals surface area (Å²) in [5.74, 6) is 1.20. The zero-order valence-corrected chi connectivity index (χ0v) is 17.3. The van der Waals surface area contributed by atoms with Gasteiger partial charge in [-0.05, 0) is 31.2 Å². The Labute approximate surface area is 180 Å². The van der Waals surface area contributed by atoms with Crippen molar-refractivity contribution in [1.82, 2.24) is 19.3 Å². The van der Waals surface area contributed by atoms with Crippen molar-refractivity contribution in [2.45, 2.75) is 12.1 Å². The molecule has 5 rings (SSSR count). The van der Waals surface area contributed by atoms with Crippen LogP contribution in [-0.4, -0.2) is 37.8 Å². The van der Waals surface area contributed by atoms with Crippen LogP contribution in [0.15, 0.2) is 58.5 Å². The Balaban J connectivity index is 1.58. The molecule has 1 aliphatic rings. The average molecular weight is 435 g/mol. The van der Waals surface area contributed by atoms with Gasteiger partial charge in [0.25, 0.3) is 11.5 Å². The standard InChI is InChI=1S/C21H17N5O4S/c1-12-8-18(22)24-26(12)19(27)10-31-21-23-15-5-3-2-4-14(15)20(28)25(21)13-6-7-16-17(9-13)30-11-29-16/h2-9H,10-11H2,1H3,(H2,22,24). The normalized spacial score (nSPS) is 12.4. The van der Waals surface area contributed by atoms with E-state index in [-0.39, 0.29) is 29.8 Å². The lowest BCUT2D eigenvalue weighted by atomic mass is 10.2. The zero-order valence-electron chi connectivity index (χ0n) is 16.4. The number of rotatable bonds is 4. The number of hydrogen-bond acceptors (Lipinski definition) is 8. The van der Waals surface area contributed by atoms with Crippen LogP contribution in [0.2, 0.25) is 0 Å². The predicted octanol–water partition coefficient (Wildman–Crippen LogP) is 2.63. The van der Waals surface area contributed by atoms with E-state index in [0.717, 1.165) is 11.8 Å². The summed E-state index contributed by atoms with van der Waals surface area (Å²) in [7, 11) is 0. The van der Waals surface area contributed by atoms with Gasteiger partial charge in [-0.25, -0.2) is 9.67 Å². The summed E-state index contributed by atoms with van der Waals surface area (Å²) >= 11 is 1.15. The predicted molar refractivity (Wildman–Crippen MR) is 116 cm³/mol. The number of fused-ring (bicyclic) bond motifs is 2. The van der Waals surface area contributed by atoms with Crippen molar-refractivity contribution in [2.75, 3.05) is 18.3 Å². The molecule has 0 saturated heterocycles. The van der Waals surface area contributed by atoms with E-state index in [0.29, 0.717) is 38.9 Å². The number of para-hydroxylation sites is 1. The van der Waals surface area contributed by atoms with Gasteiger partial charge in [0.2, 0.25) is 6.79 Å². The van der Waals surface area contributed by atoms with Gasteiger partial charge < -0.3 is 15.2 Å². The number of benzene rings is 2. The zero-order chi connectivity index (χ0) is 21.5. The van der Waals surface area contributed by atoms with Gasteiger partial charge in [0.05, 0.1) is 22.3 Å². The molecule has 156 valence electrons. The van der Waals surface area contributed by atoms with Gasteiger partial charge in [-0.2, -0.15) is 0 Å². The Morgan fingerprint density at radius 2 is 1.97 bits per heavy atom. The van der Waals surface area contributed by atoms with Gasteiger partial charge in [0.15, 0.2) is 16.7 Å². The fraction of sp³-hybridized carbons (Fsp3) is 0.143. The summed E-state index contributed by atoms with van der Waals surface area (Å²) in [6.45, 7) is 1.88. The molecule has 0 unspecified atom stereocenters. The number of nitrogen functional groups attached to an aromatic ring is 1. The fourth-order valence-corrected chi connectivity index (χ4v) is 4.25. The molecule has 0 aliphatic carbocycles. The van der Waals surface area contributed by atoms with Crippen LogP contribution in [0, 0.1) is 6.92 Å². The summed E-state index contributed by atoms with van der Waals surface area (Å²) in [5, 5.41) is 4.88. The minimum absolute atomic E-state index is 0.0251. The topological polar surface area (TPSA) is 114 Å². The number of thioether (sulfide) groups is 1. The van der Waals surface area contributed by atoms with Gasteiger partial charge in [-0.3, -0.25) is 14.2 Å². The third-order valence-corrected chi connectivity index (χ3v) is 5.75. The van der Waals surface area contributed by atoms with Crippen LogP contribution < -0.4 is 20.8 Å². The SMILES string of the molecule is Cc1cc(N)nn1C(=O)CSc1nc2ccccc2c(=O)n1-c1ccc2c(c1)OCO2. The van der Waals surface area contributed by atoms with Crippen LogP contribution in [0.3, 0.4) is 0 Å².